The van der Waals surface area contributed by atoms with Gasteiger partial charge < -0.3 is 5.73 Å². The zero-order valence-electron chi connectivity index (χ0n) is 11.1. The Kier molecular flexibility index (Phi) is 5.38. The van der Waals surface area contributed by atoms with E-state index in [1.54, 1.807) is 11.4 Å². The molecule has 3 N–H and O–H groups in total. The molecule has 4 nitrogen and oxygen atoms in total. The first kappa shape index (κ1) is 15.0. The van der Waals surface area contributed by atoms with E-state index in [0.717, 1.165) is 11.3 Å². The van der Waals surface area contributed by atoms with Crippen LogP contribution in [0.2, 0.25) is 0 Å². The summed E-state index contributed by atoms with van der Waals surface area (Å²) in [5, 5.41) is 1.78. The van der Waals surface area contributed by atoms with Crippen LogP contribution in [0.1, 0.15) is 43.4 Å². The topological polar surface area (TPSA) is 72.2 Å². The molecule has 108 valence electrons. The van der Waals surface area contributed by atoms with Crippen molar-refractivity contribution in [3.63, 3.8) is 0 Å². The highest BCUT2D eigenvalue weighted by Gasteiger charge is 2.20. The molecule has 0 aromatic carbocycles. The van der Waals surface area contributed by atoms with E-state index < -0.39 is 10.0 Å². The molecule has 1 aromatic rings. The summed E-state index contributed by atoms with van der Waals surface area (Å²) >= 11 is 1.39. The number of sulfonamides is 1. The minimum absolute atomic E-state index is 0.274. The van der Waals surface area contributed by atoms with Gasteiger partial charge in [0.1, 0.15) is 0 Å². The van der Waals surface area contributed by atoms with Gasteiger partial charge in [0.05, 0.1) is 4.90 Å². The normalized spacial score (nSPS) is 17.7. The van der Waals surface area contributed by atoms with Crippen molar-refractivity contribution >= 4 is 21.4 Å². The highest BCUT2D eigenvalue weighted by molar-refractivity contribution is 7.89. The Morgan fingerprint density at radius 1 is 1.32 bits per heavy atom. The average Bonchev–Trinajstić information content (AvgIpc) is 2.89. The molecule has 0 unspecified atom stereocenters. The van der Waals surface area contributed by atoms with E-state index >= 15 is 0 Å². The minimum atomic E-state index is -3.38. The summed E-state index contributed by atoms with van der Waals surface area (Å²) in [5.74, 6) is 0.688. The molecule has 0 amide bonds. The Hall–Kier alpha value is -0.430. The third kappa shape index (κ3) is 4.02. The van der Waals surface area contributed by atoms with Crippen LogP contribution in [0.3, 0.4) is 0 Å². The maximum atomic E-state index is 12.2. The highest BCUT2D eigenvalue weighted by Crippen LogP contribution is 2.26. The minimum Gasteiger partial charge on any atom is -0.326 e. The summed E-state index contributed by atoms with van der Waals surface area (Å²) in [7, 11) is -3.38. The van der Waals surface area contributed by atoms with Gasteiger partial charge in [-0.1, -0.05) is 32.1 Å². The zero-order chi connectivity index (χ0) is 13.7. The molecule has 0 saturated heterocycles. The molecule has 1 saturated carbocycles. The largest absolute Gasteiger partial charge is 0.326 e. The molecule has 0 radical (unpaired) electrons. The van der Waals surface area contributed by atoms with Crippen molar-refractivity contribution < 1.29 is 8.42 Å². The standard InChI is InChI=1S/C13H22N2O2S2/c14-10-12-13(7-9-18-12)19(16,17)15-8-6-11-4-2-1-3-5-11/h7,9,11,15H,1-6,8,10,14H2. The lowest BCUT2D eigenvalue weighted by atomic mass is 9.87. The van der Waals surface area contributed by atoms with Crippen LogP contribution in [0.25, 0.3) is 0 Å². The lowest BCUT2D eigenvalue weighted by Gasteiger charge is -2.21. The van der Waals surface area contributed by atoms with Gasteiger partial charge in [-0.05, 0) is 23.8 Å². The monoisotopic (exact) mass is 302 g/mol. The van der Waals surface area contributed by atoms with Crippen LogP contribution in [0.15, 0.2) is 16.3 Å². The van der Waals surface area contributed by atoms with E-state index in [-0.39, 0.29) is 6.54 Å². The van der Waals surface area contributed by atoms with Crippen molar-refractivity contribution in [1.29, 1.82) is 0 Å². The molecule has 1 aliphatic rings. The highest BCUT2D eigenvalue weighted by atomic mass is 32.2. The lowest BCUT2D eigenvalue weighted by molar-refractivity contribution is 0.339. The van der Waals surface area contributed by atoms with Crippen LogP contribution in [-0.2, 0) is 16.6 Å². The fourth-order valence-corrected chi connectivity index (χ4v) is 5.05. The number of rotatable bonds is 6. The molecule has 1 aromatic heterocycles. The molecule has 19 heavy (non-hydrogen) atoms. The number of thiophene rings is 1. The van der Waals surface area contributed by atoms with Crippen molar-refractivity contribution in [1.82, 2.24) is 4.72 Å². The molecule has 0 spiro atoms. The first-order chi connectivity index (χ1) is 9.13. The SMILES string of the molecule is NCc1sccc1S(=O)(=O)NCCC1CCCCC1. The number of hydrogen-bond donors (Lipinski definition) is 2. The third-order valence-corrected chi connectivity index (χ3v) is 6.37. The van der Waals surface area contributed by atoms with Gasteiger partial charge in [-0.2, -0.15) is 0 Å². The van der Waals surface area contributed by atoms with E-state index in [0.29, 0.717) is 17.4 Å². The van der Waals surface area contributed by atoms with Crippen molar-refractivity contribution in [2.45, 2.75) is 50.0 Å². The fourth-order valence-electron chi connectivity index (χ4n) is 2.67. The smallest absolute Gasteiger partial charge is 0.241 e. The first-order valence-electron chi connectivity index (χ1n) is 6.89. The zero-order valence-corrected chi connectivity index (χ0v) is 12.7. The Morgan fingerprint density at radius 2 is 2.05 bits per heavy atom. The molecular formula is C13H22N2O2S2. The molecule has 6 heteroatoms. The summed E-state index contributed by atoms with van der Waals surface area (Å²) in [6, 6.07) is 1.63. The number of nitrogens with one attached hydrogen (secondary N) is 1. The second-order valence-corrected chi connectivity index (χ2v) is 7.84. The summed E-state index contributed by atoms with van der Waals surface area (Å²) in [5.41, 5.74) is 5.56. The summed E-state index contributed by atoms with van der Waals surface area (Å²) in [6.07, 6.45) is 7.35. The van der Waals surface area contributed by atoms with Gasteiger partial charge in [0.15, 0.2) is 0 Å². The molecule has 0 aliphatic heterocycles. The van der Waals surface area contributed by atoms with E-state index in [1.165, 1.54) is 43.4 Å². The van der Waals surface area contributed by atoms with Gasteiger partial charge in [-0.3, -0.25) is 0 Å². The van der Waals surface area contributed by atoms with E-state index in [4.69, 9.17) is 5.73 Å². The Balaban J connectivity index is 1.87. The molecule has 1 aliphatic carbocycles. The maximum Gasteiger partial charge on any atom is 0.241 e. The quantitative estimate of drug-likeness (QED) is 0.848. The van der Waals surface area contributed by atoms with Gasteiger partial charge in [0.2, 0.25) is 10.0 Å². The molecular weight excluding hydrogens is 280 g/mol. The summed E-state index contributed by atoms with van der Waals surface area (Å²) < 4.78 is 27.0. The molecule has 0 atom stereocenters. The maximum absolute atomic E-state index is 12.2. The predicted molar refractivity (Wildman–Crippen MR) is 78.6 cm³/mol. The van der Waals surface area contributed by atoms with Gasteiger partial charge in [-0.25, -0.2) is 13.1 Å². The first-order valence-corrected chi connectivity index (χ1v) is 9.26. The number of hydrogen-bond acceptors (Lipinski definition) is 4. The molecule has 1 fully saturated rings. The average molecular weight is 302 g/mol. The van der Waals surface area contributed by atoms with E-state index in [2.05, 4.69) is 4.72 Å². The Bertz CT molecular complexity index is 490. The van der Waals surface area contributed by atoms with Gasteiger partial charge >= 0.3 is 0 Å². The van der Waals surface area contributed by atoms with Gasteiger partial charge in [0, 0.05) is 18.0 Å². The Morgan fingerprint density at radius 3 is 2.74 bits per heavy atom. The van der Waals surface area contributed by atoms with Gasteiger partial charge in [-0.15, -0.1) is 11.3 Å². The predicted octanol–water partition coefficient (Wildman–Crippen LogP) is 2.46. The van der Waals surface area contributed by atoms with Crippen LogP contribution in [-0.4, -0.2) is 15.0 Å². The third-order valence-electron chi connectivity index (χ3n) is 3.75. The van der Waals surface area contributed by atoms with Crippen LogP contribution in [0.4, 0.5) is 0 Å². The van der Waals surface area contributed by atoms with Gasteiger partial charge in [0.25, 0.3) is 0 Å². The second kappa shape index (κ2) is 6.83. The fraction of sp³-hybridized carbons (Fsp3) is 0.692. The van der Waals surface area contributed by atoms with Crippen LogP contribution < -0.4 is 10.5 Å². The van der Waals surface area contributed by atoms with E-state index in [1.807, 2.05) is 0 Å². The summed E-state index contributed by atoms with van der Waals surface area (Å²) in [4.78, 5) is 1.08. The summed E-state index contributed by atoms with van der Waals surface area (Å²) in [6.45, 7) is 0.809. The second-order valence-electron chi connectivity index (χ2n) is 5.10. The Labute approximate surface area is 119 Å². The van der Waals surface area contributed by atoms with Crippen molar-refractivity contribution in [2.24, 2.45) is 11.7 Å². The van der Waals surface area contributed by atoms with Crippen LogP contribution in [0.5, 0.6) is 0 Å². The van der Waals surface area contributed by atoms with Crippen molar-refractivity contribution in [3.05, 3.63) is 16.3 Å². The van der Waals surface area contributed by atoms with Crippen molar-refractivity contribution in [3.8, 4) is 0 Å². The molecule has 0 bridgehead atoms. The van der Waals surface area contributed by atoms with Crippen molar-refractivity contribution in [2.75, 3.05) is 6.54 Å². The van der Waals surface area contributed by atoms with E-state index in [9.17, 15) is 8.42 Å². The molecule has 1 heterocycles. The van der Waals surface area contributed by atoms with Crippen LogP contribution >= 0.6 is 11.3 Å². The number of nitrogens with two attached hydrogens (primary N) is 1. The molecule has 2 rings (SSSR count). The van der Waals surface area contributed by atoms with Crippen LogP contribution in [0, 0.1) is 5.92 Å². The lowest BCUT2D eigenvalue weighted by Crippen LogP contribution is -2.27.